The zero-order chi connectivity index (χ0) is 16.2. The monoisotopic (exact) mass is 341 g/mol. The highest BCUT2D eigenvalue weighted by molar-refractivity contribution is 7.89. The molecule has 0 aliphatic heterocycles. The Morgan fingerprint density at radius 2 is 2.18 bits per heavy atom. The van der Waals surface area contributed by atoms with Gasteiger partial charge in [0.2, 0.25) is 10.0 Å². The van der Waals surface area contributed by atoms with Crippen molar-refractivity contribution in [1.82, 2.24) is 9.71 Å². The molecule has 118 valence electrons. The first-order chi connectivity index (χ1) is 10.4. The van der Waals surface area contributed by atoms with Gasteiger partial charge < -0.3 is 10.1 Å². The second-order valence-corrected chi connectivity index (χ2v) is 7.65. The zero-order valence-corrected chi connectivity index (χ0v) is 13.4. The number of hydrogen-bond acceptors (Lipinski definition) is 6. The van der Waals surface area contributed by atoms with Crippen molar-refractivity contribution in [3.05, 3.63) is 50.8 Å². The molecule has 0 aromatic carbocycles. The van der Waals surface area contributed by atoms with Crippen LogP contribution in [-0.4, -0.2) is 24.9 Å². The van der Waals surface area contributed by atoms with Crippen molar-refractivity contribution in [2.75, 3.05) is 6.54 Å². The minimum atomic E-state index is -3.71. The normalized spacial score (nSPS) is 13.0. The third-order valence-electron chi connectivity index (χ3n) is 2.97. The van der Waals surface area contributed by atoms with E-state index in [4.69, 9.17) is 0 Å². The quantitative estimate of drug-likeness (QED) is 0.614. The van der Waals surface area contributed by atoms with Crippen LogP contribution in [0.3, 0.4) is 0 Å². The summed E-state index contributed by atoms with van der Waals surface area (Å²) in [7, 11) is -3.71. The van der Waals surface area contributed by atoms with Crippen molar-refractivity contribution in [3.8, 4) is 0 Å². The fourth-order valence-corrected chi connectivity index (χ4v) is 3.80. The number of pyridine rings is 1. The van der Waals surface area contributed by atoms with E-state index in [1.165, 1.54) is 10.9 Å². The Balaban J connectivity index is 1.97. The van der Waals surface area contributed by atoms with Crippen LogP contribution in [-0.2, 0) is 16.4 Å². The summed E-state index contributed by atoms with van der Waals surface area (Å²) in [4.78, 5) is 14.5. The Morgan fingerprint density at radius 3 is 2.73 bits per heavy atom. The maximum absolute atomic E-state index is 12.1. The molecule has 1 N–H and O–H groups in total. The van der Waals surface area contributed by atoms with Crippen molar-refractivity contribution in [3.63, 3.8) is 0 Å². The highest BCUT2D eigenvalue weighted by atomic mass is 32.2. The van der Waals surface area contributed by atoms with Crippen molar-refractivity contribution in [2.45, 2.75) is 18.2 Å². The summed E-state index contributed by atoms with van der Waals surface area (Å²) in [6.45, 7) is 2.24. The van der Waals surface area contributed by atoms with Crippen molar-refractivity contribution in [1.29, 1.82) is 0 Å². The van der Waals surface area contributed by atoms with Gasteiger partial charge in [0.1, 0.15) is 4.90 Å². The number of nitrogens with one attached hydrogen (secondary N) is 1. The number of nitrogens with zero attached hydrogens (tertiary/aromatic N) is 2. The van der Waals surface area contributed by atoms with Crippen molar-refractivity contribution >= 4 is 27.2 Å². The fourth-order valence-electron chi connectivity index (χ4n) is 1.82. The van der Waals surface area contributed by atoms with E-state index >= 15 is 0 Å². The van der Waals surface area contributed by atoms with E-state index in [1.54, 1.807) is 11.3 Å². The van der Waals surface area contributed by atoms with Crippen LogP contribution in [0.2, 0.25) is 0 Å². The molecule has 2 heterocycles. The molecule has 1 unspecified atom stereocenters. The van der Waals surface area contributed by atoms with E-state index in [0.29, 0.717) is 0 Å². The van der Waals surface area contributed by atoms with Gasteiger partial charge in [-0.3, -0.25) is 0 Å². The average Bonchev–Trinajstić information content (AvgIpc) is 2.98. The van der Waals surface area contributed by atoms with E-state index in [2.05, 4.69) is 9.71 Å². The molecule has 2 rings (SSSR count). The number of thiophene rings is 1. The van der Waals surface area contributed by atoms with Gasteiger partial charge in [-0.25, -0.2) is 13.1 Å². The summed E-state index contributed by atoms with van der Waals surface area (Å²) in [5, 5.41) is 12.5. The Bertz CT molecular complexity index is 727. The van der Waals surface area contributed by atoms with E-state index in [0.717, 1.165) is 18.7 Å². The molecule has 1 atom stereocenters. The molecule has 0 aliphatic carbocycles. The highest BCUT2D eigenvalue weighted by Gasteiger charge is 2.19. The molecule has 0 fully saturated rings. The van der Waals surface area contributed by atoms with E-state index in [1.807, 2.05) is 24.4 Å². The summed E-state index contributed by atoms with van der Waals surface area (Å²) in [5.74, 6) is -0.246. The van der Waals surface area contributed by atoms with Gasteiger partial charge in [-0.2, -0.15) is 0 Å². The largest absolute Gasteiger partial charge is 0.363 e. The molecule has 2 aromatic rings. The molecule has 2 aromatic heterocycles. The predicted octanol–water partition coefficient (Wildman–Crippen LogP) is 2.21. The summed E-state index contributed by atoms with van der Waals surface area (Å²) >= 11 is 1.63. The maximum atomic E-state index is 12.1. The Labute approximate surface area is 132 Å². The van der Waals surface area contributed by atoms with Crippen LogP contribution in [0.1, 0.15) is 11.8 Å². The van der Waals surface area contributed by atoms with Crippen LogP contribution in [0, 0.1) is 16.0 Å². The van der Waals surface area contributed by atoms with Gasteiger partial charge in [-0.05, 0) is 39.8 Å². The predicted molar refractivity (Wildman–Crippen MR) is 83.3 cm³/mol. The van der Waals surface area contributed by atoms with Gasteiger partial charge in [-0.15, -0.1) is 11.3 Å². The summed E-state index contributed by atoms with van der Waals surface area (Å²) in [6.07, 6.45) is 1.78. The second-order valence-electron chi connectivity index (χ2n) is 4.85. The lowest BCUT2D eigenvalue weighted by atomic mass is 10.1. The standard InChI is InChI=1S/C13H15N3O4S2/c1-10(7-11-3-2-6-21-11)8-15-22(19,20)12-4-5-13(14-9-12)16(17)18/h2-6,9-10,15H,7-8H2,1H3. The minimum absolute atomic E-state index is 0.0820. The third kappa shape index (κ3) is 4.33. The molecule has 0 radical (unpaired) electrons. The first kappa shape index (κ1) is 16.5. The smallest absolute Gasteiger partial charge is 0.358 e. The molecule has 0 saturated heterocycles. The first-order valence-corrected chi connectivity index (χ1v) is 8.87. The number of nitro groups is 1. The second kappa shape index (κ2) is 6.95. The number of aromatic nitrogens is 1. The van der Waals surface area contributed by atoms with Crippen LogP contribution in [0.4, 0.5) is 5.82 Å². The van der Waals surface area contributed by atoms with E-state index < -0.39 is 14.9 Å². The molecule has 0 saturated carbocycles. The molecule has 0 bridgehead atoms. The SMILES string of the molecule is CC(CNS(=O)(=O)c1ccc([N+](=O)[O-])nc1)Cc1cccs1. The van der Waals surface area contributed by atoms with Crippen LogP contribution >= 0.6 is 11.3 Å². The van der Waals surface area contributed by atoms with Crippen molar-refractivity contribution in [2.24, 2.45) is 5.92 Å². The first-order valence-electron chi connectivity index (χ1n) is 6.51. The maximum Gasteiger partial charge on any atom is 0.363 e. The van der Waals surface area contributed by atoms with Gasteiger partial charge in [0.05, 0.1) is 0 Å². The molecular formula is C13H15N3O4S2. The molecule has 22 heavy (non-hydrogen) atoms. The van der Waals surface area contributed by atoms with Crippen LogP contribution in [0.25, 0.3) is 0 Å². The lowest BCUT2D eigenvalue weighted by Gasteiger charge is -2.11. The lowest BCUT2D eigenvalue weighted by Crippen LogP contribution is -2.29. The fraction of sp³-hybridized carbons (Fsp3) is 0.308. The number of rotatable bonds is 7. The van der Waals surface area contributed by atoms with Crippen LogP contribution in [0.15, 0.2) is 40.7 Å². The van der Waals surface area contributed by atoms with Gasteiger partial charge in [0, 0.05) is 17.5 Å². The summed E-state index contributed by atoms with van der Waals surface area (Å²) in [6, 6.07) is 6.22. The van der Waals surface area contributed by atoms with Gasteiger partial charge in [-0.1, -0.05) is 13.0 Å². The zero-order valence-electron chi connectivity index (χ0n) is 11.8. The molecule has 7 nitrogen and oxygen atoms in total. The Morgan fingerprint density at radius 1 is 1.41 bits per heavy atom. The van der Waals surface area contributed by atoms with Crippen LogP contribution < -0.4 is 4.72 Å². The number of hydrogen-bond donors (Lipinski definition) is 1. The third-order valence-corrected chi connectivity index (χ3v) is 5.28. The molecule has 0 spiro atoms. The van der Waals surface area contributed by atoms with E-state index in [-0.39, 0.29) is 23.2 Å². The molecule has 0 amide bonds. The summed E-state index contributed by atoms with van der Waals surface area (Å²) < 4.78 is 26.7. The van der Waals surface area contributed by atoms with Gasteiger partial charge in [0.15, 0.2) is 6.20 Å². The van der Waals surface area contributed by atoms with Crippen molar-refractivity contribution < 1.29 is 13.3 Å². The number of sulfonamides is 1. The molecule has 9 heteroatoms. The average molecular weight is 341 g/mol. The Kier molecular flexibility index (Phi) is 5.22. The minimum Gasteiger partial charge on any atom is -0.358 e. The topological polar surface area (TPSA) is 102 Å². The molecular weight excluding hydrogens is 326 g/mol. The summed E-state index contributed by atoms with van der Waals surface area (Å²) in [5.41, 5.74) is 0. The van der Waals surface area contributed by atoms with Gasteiger partial charge in [0.25, 0.3) is 0 Å². The highest BCUT2D eigenvalue weighted by Crippen LogP contribution is 2.15. The molecule has 0 aliphatic rings. The van der Waals surface area contributed by atoms with Crippen LogP contribution in [0.5, 0.6) is 0 Å². The lowest BCUT2D eigenvalue weighted by molar-refractivity contribution is -0.389. The Hall–Kier alpha value is -1.84. The van der Waals surface area contributed by atoms with Gasteiger partial charge >= 0.3 is 5.82 Å². The van der Waals surface area contributed by atoms with E-state index in [9.17, 15) is 18.5 Å².